The van der Waals surface area contributed by atoms with Gasteiger partial charge in [0.05, 0.1) is 48.7 Å². The lowest BCUT2D eigenvalue weighted by Crippen LogP contribution is -2.56. The van der Waals surface area contributed by atoms with Crippen LogP contribution in [0, 0.1) is 23.7 Å². The van der Waals surface area contributed by atoms with E-state index in [4.69, 9.17) is 29.7 Å². The third kappa shape index (κ3) is 9.72. The molecular formula is C49H60N8O8. The van der Waals surface area contributed by atoms with Gasteiger partial charge in [0, 0.05) is 60.7 Å². The van der Waals surface area contributed by atoms with Gasteiger partial charge in [-0.15, -0.1) is 0 Å². The molecule has 0 unspecified atom stereocenters. The molecule has 4 aliphatic rings. The zero-order chi connectivity index (χ0) is 45.8. The summed E-state index contributed by atoms with van der Waals surface area (Å²) in [5.41, 5.74) is 11.9. The first kappa shape index (κ1) is 45.3. The first-order chi connectivity index (χ1) is 31.4. The molecule has 344 valence electrons. The van der Waals surface area contributed by atoms with E-state index in [0.717, 1.165) is 58.6 Å². The molecule has 6 N–H and O–H groups in total. The van der Waals surface area contributed by atoms with Crippen LogP contribution in [0.5, 0.6) is 0 Å². The van der Waals surface area contributed by atoms with E-state index in [1.807, 2.05) is 72.2 Å². The number of hydrogen-bond donors (Lipinski definition) is 5. The van der Waals surface area contributed by atoms with Crippen molar-refractivity contribution in [2.45, 2.75) is 101 Å². The van der Waals surface area contributed by atoms with Gasteiger partial charge in [-0.2, -0.15) is 0 Å². The van der Waals surface area contributed by atoms with Gasteiger partial charge in [-0.25, -0.2) is 14.6 Å². The van der Waals surface area contributed by atoms with Crippen molar-refractivity contribution < 1.29 is 38.1 Å². The van der Waals surface area contributed by atoms with Crippen LogP contribution in [-0.2, 0) is 28.5 Å². The van der Waals surface area contributed by atoms with E-state index in [1.165, 1.54) is 14.2 Å². The number of alkyl carbamates (subject to hydrolysis) is 2. The number of H-pyrrole nitrogens is 1. The average molecular weight is 889 g/mol. The van der Waals surface area contributed by atoms with Crippen LogP contribution in [0.25, 0.3) is 21.8 Å². The predicted molar refractivity (Wildman–Crippen MR) is 247 cm³/mol. The molecule has 6 atom stereocenters. The first-order valence-corrected chi connectivity index (χ1v) is 22.7. The number of amides is 4. The number of imidazole rings is 1. The smallest absolute Gasteiger partial charge is 0.407 e. The monoisotopic (exact) mass is 888 g/mol. The Balaban J connectivity index is 0.955. The van der Waals surface area contributed by atoms with Gasteiger partial charge in [0.2, 0.25) is 11.8 Å². The summed E-state index contributed by atoms with van der Waals surface area (Å²) in [6.45, 7) is 10.6. The van der Waals surface area contributed by atoms with Crippen molar-refractivity contribution in [2.75, 3.05) is 51.7 Å². The number of nitrogen functional groups attached to an aromatic ring is 1. The number of anilines is 2. The molecule has 4 amide bonds. The van der Waals surface area contributed by atoms with Crippen molar-refractivity contribution in [1.29, 1.82) is 0 Å². The van der Waals surface area contributed by atoms with Crippen molar-refractivity contribution >= 4 is 57.2 Å². The fraction of sp³-hybridized carbons (Fsp3) is 0.490. The topological polar surface area (TPSA) is 202 Å². The first-order valence-electron chi connectivity index (χ1n) is 22.7. The Morgan fingerprint density at radius 3 is 1.97 bits per heavy atom. The molecule has 4 saturated heterocycles. The number of likely N-dealkylation sites (tertiary alicyclic amines) is 2. The van der Waals surface area contributed by atoms with Crippen LogP contribution >= 0.6 is 0 Å². The lowest BCUT2D eigenvalue weighted by molar-refractivity contribution is -0.139. The molecule has 0 saturated carbocycles. The molecule has 0 bridgehead atoms. The molecule has 0 aliphatic carbocycles. The zero-order valence-electron chi connectivity index (χ0n) is 37.6. The molecule has 16 heteroatoms. The average Bonchev–Trinajstić information content (AvgIpc) is 4.05. The van der Waals surface area contributed by atoms with Gasteiger partial charge < -0.3 is 55.4 Å². The molecule has 5 heterocycles. The van der Waals surface area contributed by atoms with E-state index in [9.17, 15) is 19.2 Å². The van der Waals surface area contributed by atoms with Crippen molar-refractivity contribution in [3.63, 3.8) is 0 Å². The number of nitrogens with two attached hydrogens (primary N) is 1. The summed E-state index contributed by atoms with van der Waals surface area (Å²) in [5.74, 6) is 6.89. The summed E-state index contributed by atoms with van der Waals surface area (Å²) in [6, 6.07) is 13.5. The number of fused-ring (bicyclic) bond motifs is 2. The third-order valence-corrected chi connectivity index (χ3v) is 13.7. The van der Waals surface area contributed by atoms with Crippen molar-refractivity contribution in [3.8, 4) is 11.8 Å². The number of methoxy groups -OCH3 is 2. The summed E-state index contributed by atoms with van der Waals surface area (Å²) in [4.78, 5) is 65.3. The van der Waals surface area contributed by atoms with Gasteiger partial charge in [-0.3, -0.25) is 9.59 Å². The molecule has 0 radical (unpaired) electrons. The summed E-state index contributed by atoms with van der Waals surface area (Å²) >= 11 is 0. The summed E-state index contributed by atoms with van der Waals surface area (Å²) in [5, 5.41) is 10.8. The van der Waals surface area contributed by atoms with Crippen molar-refractivity contribution in [3.05, 3.63) is 77.8 Å². The van der Waals surface area contributed by atoms with Crippen LogP contribution < -0.4 is 21.7 Å². The van der Waals surface area contributed by atoms with Crippen LogP contribution in [0.3, 0.4) is 0 Å². The van der Waals surface area contributed by atoms with Crippen LogP contribution in [-0.4, -0.2) is 115 Å². The van der Waals surface area contributed by atoms with Gasteiger partial charge in [-0.05, 0) is 119 Å². The van der Waals surface area contributed by atoms with E-state index in [0.29, 0.717) is 75.0 Å². The Kier molecular flexibility index (Phi) is 13.8. The highest BCUT2D eigenvalue weighted by Crippen LogP contribution is 2.38. The maximum Gasteiger partial charge on any atom is 0.407 e. The number of carbonyl (C=O) groups is 4. The normalized spacial score (nSPS) is 22.5. The minimum absolute atomic E-state index is 0.0349. The van der Waals surface area contributed by atoms with Gasteiger partial charge in [0.15, 0.2) is 0 Å². The standard InChI is InChI=1S/C49H60N8O8/c1-28-6-16-40(56(28)46(58)43(54-48(60)62-4)33-18-22-64-23-19-33)30(3)51-38-15-12-35-26-31(10-13-36(35)42(38)50)8-9-32-11-14-37-39(27-32)53-45(52-37)41-17-7-29(2)57(41)47(59)44(55-49(61)63-5)34-20-24-65-25-21-34/h10-15,26-29,33-34,40-41,43-44,51H,3,6-7,16-25,50H2,1-2,4-5H3,(H,52,53)(H,54,60)(H,55,61)/t28-,29-,40-,41-,43-,44-/m0/s1. The lowest BCUT2D eigenvalue weighted by Gasteiger charge is -2.37. The molecule has 65 heavy (non-hydrogen) atoms. The van der Waals surface area contributed by atoms with E-state index < -0.39 is 24.3 Å². The fourth-order valence-electron chi connectivity index (χ4n) is 10.1. The van der Waals surface area contributed by atoms with Crippen molar-refractivity contribution in [2.24, 2.45) is 11.8 Å². The Bertz CT molecular complexity index is 2500. The number of benzene rings is 3. The molecule has 8 rings (SSSR count). The molecule has 4 fully saturated rings. The highest BCUT2D eigenvalue weighted by Gasteiger charge is 2.44. The van der Waals surface area contributed by atoms with Gasteiger partial charge >= 0.3 is 12.2 Å². The van der Waals surface area contributed by atoms with Crippen molar-refractivity contribution in [1.82, 2.24) is 30.4 Å². The maximum atomic E-state index is 14.2. The number of nitrogens with zero attached hydrogens (tertiary/aromatic N) is 3. The number of ether oxygens (including phenoxy) is 4. The van der Waals surface area contributed by atoms with Crippen LogP contribution in [0.2, 0.25) is 0 Å². The maximum absolute atomic E-state index is 14.2. The molecule has 0 spiro atoms. The lowest BCUT2D eigenvalue weighted by atomic mass is 9.90. The Morgan fingerprint density at radius 1 is 0.769 bits per heavy atom. The summed E-state index contributed by atoms with van der Waals surface area (Å²) < 4.78 is 20.9. The van der Waals surface area contributed by atoms with Gasteiger partial charge in [0.25, 0.3) is 0 Å². The minimum Gasteiger partial charge on any atom is -0.453 e. The molecule has 4 aromatic rings. The number of rotatable bonds is 10. The third-order valence-electron chi connectivity index (χ3n) is 13.7. The van der Waals surface area contributed by atoms with E-state index >= 15 is 0 Å². The largest absolute Gasteiger partial charge is 0.453 e. The second kappa shape index (κ2) is 19.8. The predicted octanol–water partition coefficient (Wildman–Crippen LogP) is 6.36. The number of hydrogen-bond acceptors (Lipinski definition) is 11. The molecule has 3 aromatic carbocycles. The van der Waals surface area contributed by atoms with Gasteiger partial charge in [-0.1, -0.05) is 30.6 Å². The second-order valence-electron chi connectivity index (χ2n) is 17.7. The SMILES string of the molecule is C=C(Nc1ccc2cc(C#Cc3ccc4nc([C@@H]5CC[C@H](C)N5C(=O)[C@@H](NC(=O)OC)C5CCOCC5)[nH]c4c3)ccc2c1N)[C@@H]1CC[C@H](C)N1C(=O)[C@@H](NC(=O)OC)C1CCOCC1. The highest BCUT2D eigenvalue weighted by molar-refractivity contribution is 6.00. The molecule has 1 aromatic heterocycles. The Labute approximate surface area is 379 Å². The number of carbonyl (C=O) groups excluding carboxylic acids is 4. The fourth-order valence-corrected chi connectivity index (χ4v) is 10.1. The van der Waals surface area contributed by atoms with Crippen LogP contribution in [0.15, 0.2) is 60.8 Å². The number of aromatic amines is 1. The number of aromatic nitrogens is 2. The van der Waals surface area contributed by atoms with E-state index in [-0.39, 0.29) is 47.8 Å². The van der Waals surface area contributed by atoms with Crippen LogP contribution in [0.1, 0.15) is 88.2 Å². The second-order valence-corrected chi connectivity index (χ2v) is 17.7. The molecule has 4 aliphatic heterocycles. The van der Waals surface area contributed by atoms with E-state index in [1.54, 1.807) is 0 Å². The molecular weight excluding hydrogens is 829 g/mol. The number of nitrogens with one attached hydrogen (secondary N) is 4. The van der Waals surface area contributed by atoms with Gasteiger partial charge in [0.1, 0.15) is 17.9 Å². The van der Waals surface area contributed by atoms with Crippen LogP contribution in [0.4, 0.5) is 21.0 Å². The zero-order valence-corrected chi connectivity index (χ0v) is 37.6. The Hall–Kier alpha value is -6.31. The van der Waals surface area contributed by atoms with E-state index in [2.05, 4.69) is 39.4 Å². The quantitative estimate of drug-likeness (QED) is 0.0877. The summed E-state index contributed by atoms with van der Waals surface area (Å²) in [6.07, 6.45) is 4.48. The Morgan fingerprint density at radius 2 is 1.34 bits per heavy atom. The minimum atomic E-state index is -0.733. The highest BCUT2D eigenvalue weighted by atomic mass is 16.5. The molecule has 16 nitrogen and oxygen atoms in total. The summed E-state index contributed by atoms with van der Waals surface area (Å²) in [7, 11) is 2.60.